The summed E-state index contributed by atoms with van der Waals surface area (Å²) in [6.45, 7) is 0. The van der Waals surface area contributed by atoms with Crippen LogP contribution >= 0.6 is 45.8 Å². The maximum atomic E-state index is 11.9. The molecule has 0 aliphatic rings. The number of anilines is 1. The number of aromatic nitrogens is 2. The van der Waals surface area contributed by atoms with Crippen molar-refractivity contribution in [2.75, 3.05) is 5.32 Å². The summed E-state index contributed by atoms with van der Waals surface area (Å²) in [5.41, 5.74) is 0.651. The lowest BCUT2D eigenvalue weighted by atomic mass is 10.3. The zero-order valence-electron chi connectivity index (χ0n) is 10.1. The van der Waals surface area contributed by atoms with Gasteiger partial charge in [0.2, 0.25) is 5.13 Å². The molecule has 20 heavy (non-hydrogen) atoms. The lowest BCUT2D eigenvalue weighted by molar-refractivity contribution is 0.102. The Labute approximate surface area is 131 Å². The van der Waals surface area contributed by atoms with Crippen LogP contribution in [0.1, 0.15) is 15.2 Å². The van der Waals surface area contributed by atoms with Crippen molar-refractivity contribution in [3.05, 3.63) is 44.8 Å². The molecule has 0 aliphatic carbocycles. The van der Waals surface area contributed by atoms with E-state index in [9.17, 15) is 4.79 Å². The number of thioether (sulfide) groups is 1. The SMILES string of the molecule is O=C(Nc1nnc(SCc2cccs2)s1)c1ccsc1. The summed E-state index contributed by atoms with van der Waals surface area (Å²) in [5, 5.41) is 17.1. The highest BCUT2D eigenvalue weighted by atomic mass is 32.2. The highest BCUT2D eigenvalue weighted by Crippen LogP contribution is 2.29. The highest BCUT2D eigenvalue weighted by Gasteiger charge is 2.10. The van der Waals surface area contributed by atoms with Crippen LogP contribution in [0.25, 0.3) is 0 Å². The summed E-state index contributed by atoms with van der Waals surface area (Å²) in [5.74, 6) is 0.738. The number of nitrogens with zero attached hydrogens (tertiary/aromatic N) is 2. The molecule has 0 aliphatic heterocycles. The average molecular weight is 339 g/mol. The quantitative estimate of drug-likeness (QED) is 0.559. The molecule has 4 nitrogen and oxygen atoms in total. The number of amides is 1. The van der Waals surface area contributed by atoms with Crippen LogP contribution in [-0.4, -0.2) is 16.1 Å². The standard InChI is InChI=1S/C12H9N3OS4/c16-10(8-3-5-17-6-8)13-11-14-15-12(20-11)19-7-9-2-1-4-18-9/h1-6H,7H2,(H,13,14,16). The van der Waals surface area contributed by atoms with Crippen molar-refractivity contribution in [3.63, 3.8) is 0 Å². The molecule has 0 unspecified atom stereocenters. The van der Waals surface area contributed by atoms with E-state index in [1.165, 1.54) is 27.6 Å². The first-order valence-electron chi connectivity index (χ1n) is 5.63. The Morgan fingerprint density at radius 3 is 3.00 bits per heavy atom. The minimum Gasteiger partial charge on any atom is -0.296 e. The van der Waals surface area contributed by atoms with Gasteiger partial charge in [-0.1, -0.05) is 29.2 Å². The minimum atomic E-state index is -0.141. The second-order valence-corrected chi connectivity index (χ2v) is 7.72. The Morgan fingerprint density at radius 2 is 2.25 bits per heavy atom. The first-order valence-corrected chi connectivity index (χ1v) is 9.26. The van der Waals surface area contributed by atoms with E-state index < -0.39 is 0 Å². The first-order chi connectivity index (χ1) is 9.81. The molecule has 0 saturated heterocycles. The molecule has 102 valence electrons. The zero-order valence-corrected chi connectivity index (χ0v) is 13.4. The molecule has 3 rings (SSSR count). The third-order valence-corrected chi connectivity index (χ3v) is 6.09. The van der Waals surface area contributed by atoms with Gasteiger partial charge in [0, 0.05) is 16.0 Å². The second-order valence-electron chi connectivity index (χ2n) is 3.71. The van der Waals surface area contributed by atoms with Crippen LogP contribution in [0.15, 0.2) is 38.7 Å². The maximum Gasteiger partial charge on any atom is 0.258 e. The molecule has 0 aromatic carbocycles. The number of nitrogens with one attached hydrogen (secondary N) is 1. The lowest BCUT2D eigenvalue weighted by Gasteiger charge is -1.96. The van der Waals surface area contributed by atoms with E-state index in [2.05, 4.69) is 27.0 Å². The van der Waals surface area contributed by atoms with Gasteiger partial charge in [-0.05, 0) is 22.9 Å². The fraction of sp³-hybridized carbons (Fsp3) is 0.0833. The molecule has 3 aromatic rings. The van der Waals surface area contributed by atoms with E-state index >= 15 is 0 Å². The largest absolute Gasteiger partial charge is 0.296 e. The Morgan fingerprint density at radius 1 is 1.30 bits per heavy atom. The number of rotatable bonds is 5. The molecule has 0 radical (unpaired) electrons. The van der Waals surface area contributed by atoms with Crippen molar-refractivity contribution in [3.8, 4) is 0 Å². The molecule has 3 aromatic heterocycles. The van der Waals surface area contributed by atoms with Crippen molar-refractivity contribution < 1.29 is 4.79 Å². The highest BCUT2D eigenvalue weighted by molar-refractivity contribution is 8.00. The molecule has 1 N–H and O–H groups in total. The molecule has 1 amide bonds. The Hall–Kier alpha value is -1.22. The summed E-state index contributed by atoms with van der Waals surface area (Å²) in [6.07, 6.45) is 0. The van der Waals surface area contributed by atoms with Crippen LogP contribution < -0.4 is 5.32 Å². The van der Waals surface area contributed by atoms with Crippen LogP contribution in [-0.2, 0) is 5.75 Å². The van der Waals surface area contributed by atoms with Crippen LogP contribution in [0, 0.1) is 0 Å². The lowest BCUT2D eigenvalue weighted by Crippen LogP contribution is -2.10. The molecule has 8 heteroatoms. The van der Waals surface area contributed by atoms with Gasteiger partial charge >= 0.3 is 0 Å². The molecule has 3 heterocycles. The number of thiophene rings is 2. The van der Waals surface area contributed by atoms with Crippen molar-refractivity contribution >= 4 is 56.8 Å². The molecule has 0 atom stereocenters. The Bertz CT molecular complexity index is 675. The van der Waals surface area contributed by atoms with E-state index in [0.717, 1.165) is 10.1 Å². The topological polar surface area (TPSA) is 54.9 Å². The van der Waals surface area contributed by atoms with Crippen LogP contribution in [0.3, 0.4) is 0 Å². The Kier molecular flexibility index (Phi) is 4.46. The fourth-order valence-electron chi connectivity index (χ4n) is 1.41. The predicted molar refractivity (Wildman–Crippen MR) is 86.1 cm³/mol. The van der Waals surface area contributed by atoms with Crippen molar-refractivity contribution in [1.82, 2.24) is 10.2 Å². The van der Waals surface area contributed by atoms with Gasteiger partial charge in [-0.3, -0.25) is 10.1 Å². The van der Waals surface area contributed by atoms with Crippen molar-refractivity contribution in [1.29, 1.82) is 0 Å². The first kappa shape index (κ1) is 13.7. The fourth-order valence-corrected chi connectivity index (χ4v) is 4.57. The molecule has 0 spiro atoms. The van der Waals surface area contributed by atoms with Crippen molar-refractivity contribution in [2.24, 2.45) is 0 Å². The smallest absolute Gasteiger partial charge is 0.258 e. The van der Waals surface area contributed by atoms with E-state index in [-0.39, 0.29) is 5.91 Å². The number of carbonyl (C=O) groups excluding carboxylic acids is 1. The number of hydrogen-bond acceptors (Lipinski definition) is 7. The van der Waals surface area contributed by atoms with Gasteiger partial charge in [-0.25, -0.2) is 0 Å². The van der Waals surface area contributed by atoms with Gasteiger partial charge in [0.05, 0.1) is 5.56 Å². The molecule has 0 saturated carbocycles. The average Bonchev–Trinajstić information content (AvgIpc) is 3.19. The predicted octanol–water partition coefficient (Wildman–Crippen LogP) is 4.21. The van der Waals surface area contributed by atoms with Crippen molar-refractivity contribution in [2.45, 2.75) is 10.1 Å². The van der Waals surface area contributed by atoms with Gasteiger partial charge in [0.25, 0.3) is 5.91 Å². The summed E-state index contributed by atoms with van der Waals surface area (Å²) >= 11 is 6.25. The summed E-state index contributed by atoms with van der Waals surface area (Å²) in [6, 6.07) is 5.92. The number of hydrogen-bond donors (Lipinski definition) is 1. The normalized spacial score (nSPS) is 10.6. The summed E-state index contributed by atoms with van der Waals surface area (Å²) in [7, 11) is 0. The van der Waals surface area contributed by atoms with E-state index in [4.69, 9.17) is 0 Å². The minimum absolute atomic E-state index is 0.141. The monoisotopic (exact) mass is 339 g/mol. The Balaban J connectivity index is 1.58. The summed E-state index contributed by atoms with van der Waals surface area (Å²) in [4.78, 5) is 13.2. The van der Waals surface area contributed by atoms with E-state index in [1.54, 1.807) is 29.2 Å². The van der Waals surface area contributed by atoms with Gasteiger partial charge in [-0.15, -0.1) is 21.5 Å². The van der Waals surface area contributed by atoms with Crippen LogP contribution in [0.4, 0.5) is 5.13 Å². The zero-order chi connectivity index (χ0) is 13.8. The molecule has 0 fully saturated rings. The van der Waals surface area contributed by atoms with Gasteiger partial charge < -0.3 is 0 Å². The van der Waals surface area contributed by atoms with Crippen LogP contribution in [0.2, 0.25) is 0 Å². The van der Waals surface area contributed by atoms with Gasteiger partial charge in [0.15, 0.2) is 4.34 Å². The van der Waals surface area contributed by atoms with Gasteiger partial charge in [0.1, 0.15) is 0 Å². The third-order valence-electron chi connectivity index (χ3n) is 2.33. The van der Waals surface area contributed by atoms with E-state index in [0.29, 0.717) is 10.7 Å². The second kappa shape index (κ2) is 6.49. The van der Waals surface area contributed by atoms with Crippen LogP contribution in [0.5, 0.6) is 0 Å². The third kappa shape index (κ3) is 3.45. The maximum absolute atomic E-state index is 11.9. The molecular formula is C12H9N3OS4. The van der Waals surface area contributed by atoms with E-state index in [1.807, 2.05) is 16.8 Å². The number of carbonyl (C=O) groups is 1. The van der Waals surface area contributed by atoms with Gasteiger partial charge in [-0.2, -0.15) is 11.3 Å². The molecule has 0 bridgehead atoms. The summed E-state index contributed by atoms with van der Waals surface area (Å²) < 4.78 is 0.860. The molecular weight excluding hydrogens is 330 g/mol.